The summed E-state index contributed by atoms with van der Waals surface area (Å²) in [5, 5.41) is 9.69. The zero-order valence-electron chi connectivity index (χ0n) is 50.5. The molecule has 76 heavy (non-hydrogen) atoms. The fourth-order valence-electron chi connectivity index (χ4n) is 9.73. The standard InChI is InChI=1S/C71H126O5/c1-3-5-7-9-11-13-15-17-19-21-23-25-27-29-31-32-33-34-35-36-37-38-40-41-43-45-47-49-51-53-55-57-59-61-63-65-70(73)75-68-69(67-72)76-71(74)66-64-62-60-58-56-54-52-50-48-46-44-42-39-30-28-26-24-22-20-18-16-14-12-10-8-6-4-2/h6,8,12,14-15,17-18,20-21,23-24,26,30,39,69,72H,3-5,7,9-11,13,16,19,22,25,27-29,31-38,40-68H2,1-2H3/b8-6-,14-12-,17-15-,20-18-,23-21-,26-24-,39-30-. The van der Waals surface area contributed by atoms with E-state index in [0.29, 0.717) is 12.8 Å². The minimum Gasteiger partial charge on any atom is -0.462 e. The number of aliphatic hydroxyl groups is 1. The zero-order valence-corrected chi connectivity index (χ0v) is 50.5. The molecular formula is C71H126O5. The molecule has 0 aromatic rings. The molecule has 5 nitrogen and oxygen atoms in total. The van der Waals surface area contributed by atoms with Crippen molar-refractivity contribution in [2.24, 2.45) is 0 Å². The van der Waals surface area contributed by atoms with E-state index in [2.05, 4.69) is 98.9 Å². The van der Waals surface area contributed by atoms with Crippen LogP contribution in [0.25, 0.3) is 0 Å². The molecule has 0 rings (SSSR count). The Kier molecular flexibility index (Phi) is 63.8. The van der Waals surface area contributed by atoms with Crippen LogP contribution in [0.4, 0.5) is 0 Å². The Labute approximate surface area is 473 Å². The van der Waals surface area contributed by atoms with E-state index in [1.54, 1.807) is 0 Å². The van der Waals surface area contributed by atoms with Crippen molar-refractivity contribution in [1.82, 2.24) is 0 Å². The van der Waals surface area contributed by atoms with Gasteiger partial charge < -0.3 is 14.6 Å². The van der Waals surface area contributed by atoms with Crippen LogP contribution < -0.4 is 0 Å². The number of unbranched alkanes of at least 4 members (excludes halogenated alkanes) is 39. The molecule has 0 fully saturated rings. The summed E-state index contributed by atoms with van der Waals surface area (Å²) < 4.78 is 10.7. The van der Waals surface area contributed by atoms with Crippen LogP contribution in [0.1, 0.15) is 335 Å². The van der Waals surface area contributed by atoms with Gasteiger partial charge in [0.2, 0.25) is 0 Å². The topological polar surface area (TPSA) is 72.8 Å². The number of ether oxygens (including phenoxy) is 2. The van der Waals surface area contributed by atoms with Gasteiger partial charge in [0.1, 0.15) is 6.61 Å². The van der Waals surface area contributed by atoms with Crippen molar-refractivity contribution in [1.29, 1.82) is 0 Å². The Morgan fingerprint density at radius 2 is 0.566 bits per heavy atom. The van der Waals surface area contributed by atoms with Gasteiger partial charge >= 0.3 is 11.9 Å². The van der Waals surface area contributed by atoms with E-state index in [1.165, 1.54) is 231 Å². The van der Waals surface area contributed by atoms with Gasteiger partial charge in [-0.1, -0.05) is 317 Å². The Bertz CT molecular complexity index is 1380. The lowest BCUT2D eigenvalue weighted by atomic mass is 10.0. The third-order valence-corrected chi connectivity index (χ3v) is 14.7. The second-order valence-electron chi connectivity index (χ2n) is 22.2. The molecule has 0 aliphatic heterocycles. The maximum atomic E-state index is 12.3. The quantitative estimate of drug-likeness (QED) is 0.0373. The van der Waals surface area contributed by atoms with Crippen LogP contribution in [-0.4, -0.2) is 36.4 Å². The molecule has 0 saturated carbocycles. The SMILES string of the molecule is CC/C=C\C/C=C\C/C=C\C/C=C\C/C=C\CCCCCCCCCCCCCC(=O)OC(CO)COC(=O)CCCCCCCCCCCCCCCCCCCCCCCCC/C=C\C/C=C\CCCCCCC. The van der Waals surface area contributed by atoms with E-state index in [-0.39, 0.29) is 25.2 Å². The van der Waals surface area contributed by atoms with E-state index >= 15 is 0 Å². The normalized spacial score (nSPS) is 12.7. The van der Waals surface area contributed by atoms with Crippen molar-refractivity contribution >= 4 is 11.9 Å². The highest BCUT2D eigenvalue weighted by Gasteiger charge is 2.16. The minimum absolute atomic E-state index is 0.0665. The van der Waals surface area contributed by atoms with E-state index < -0.39 is 6.10 Å². The molecule has 0 amide bonds. The highest BCUT2D eigenvalue weighted by Crippen LogP contribution is 2.18. The summed E-state index contributed by atoms with van der Waals surface area (Å²) >= 11 is 0. The molecule has 0 radical (unpaired) electrons. The summed E-state index contributed by atoms with van der Waals surface area (Å²) in [6.07, 6.45) is 93.1. The van der Waals surface area contributed by atoms with Crippen LogP contribution in [0.2, 0.25) is 0 Å². The average Bonchev–Trinajstić information content (AvgIpc) is 3.42. The Morgan fingerprint density at radius 3 is 0.855 bits per heavy atom. The lowest BCUT2D eigenvalue weighted by Gasteiger charge is -2.15. The average molecular weight is 1060 g/mol. The van der Waals surface area contributed by atoms with Gasteiger partial charge in [-0.3, -0.25) is 9.59 Å². The lowest BCUT2D eigenvalue weighted by molar-refractivity contribution is -0.161. The van der Waals surface area contributed by atoms with Gasteiger partial charge in [0.25, 0.3) is 0 Å². The first kappa shape index (κ1) is 73.1. The summed E-state index contributed by atoms with van der Waals surface area (Å²) in [6.45, 7) is 4.05. The summed E-state index contributed by atoms with van der Waals surface area (Å²) in [7, 11) is 0. The van der Waals surface area contributed by atoms with Gasteiger partial charge in [0, 0.05) is 12.8 Å². The maximum absolute atomic E-state index is 12.3. The number of allylic oxidation sites excluding steroid dienone is 14. The smallest absolute Gasteiger partial charge is 0.306 e. The lowest BCUT2D eigenvalue weighted by Crippen LogP contribution is -2.28. The summed E-state index contributed by atoms with van der Waals surface area (Å²) in [6, 6.07) is 0. The molecule has 0 aromatic carbocycles. The van der Waals surface area contributed by atoms with Crippen molar-refractivity contribution < 1.29 is 24.2 Å². The van der Waals surface area contributed by atoms with Gasteiger partial charge in [-0.2, -0.15) is 0 Å². The molecule has 0 heterocycles. The van der Waals surface area contributed by atoms with Crippen LogP contribution in [0, 0.1) is 0 Å². The largest absolute Gasteiger partial charge is 0.462 e. The van der Waals surface area contributed by atoms with E-state index in [0.717, 1.165) is 77.0 Å². The van der Waals surface area contributed by atoms with E-state index in [9.17, 15) is 14.7 Å². The Balaban J connectivity index is 3.43. The Hall–Kier alpha value is -2.92. The van der Waals surface area contributed by atoms with Gasteiger partial charge in [-0.05, 0) is 89.9 Å². The number of aliphatic hydroxyl groups excluding tert-OH is 1. The van der Waals surface area contributed by atoms with Crippen molar-refractivity contribution in [2.75, 3.05) is 13.2 Å². The monoisotopic (exact) mass is 1060 g/mol. The number of carbonyl (C=O) groups is 2. The van der Waals surface area contributed by atoms with E-state index in [1.807, 2.05) is 0 Å². The first-order chi connectivity index (χ1) is 37.6. The molecular weight excluding hydrogens is 933 g/mol. The van der Waals surface area contributed by atoms with E-state index in [4.69, 9.17) is 9.47 Å². The molecule has 440 valence electrons. The predicted molar refractivity (Wildman–Crippen MR) is 334 cm³/mol. The second kappa shape index (κ2) is 66.4. The third-order valence-electron chi connectivity index (χ3n) is 14.7. The predicted octanol–water partition coefficient (Wildman–Crippen LogP) is 22.9. The number of hydrogen-bond acceptors (Lipinski definition) is 5. The van der Waals surface area contributed by atoms with Crippen LogP contribution >= 0.6 is 0 Å². The van der Waals surface area contributed by atoms with Crippen LogP contribution in [0.15, 0.2) is 85.1 Å². The summed E-state index contributed by atoms with van der Waals surface area (Å²) in [5.74, 6) is -0.582. The van der Waals surface area contributed by atoms with Crippen molar-refractivity contribution in [3.8, 4) is 0 Å². The fraction of sp³-hybridized carbons (Fsp3) is 0.775. The highest BCUT2D eigenvalue weighted by molar-refractivity contribution is 5.70. The molecule has 0 saturated heterocycles. The van der Waals surface area contributed by atoms with Crippen molar-refractivity contribution in [2.45, 2.75) is 341 Å². The molecule has 0 bridgehead atoms. The minimum atomic E-state index is -0.777. The first-order valence-electron chi connectivity index (χ1n) is 33.1. The molecule has 1 unspecified atom stereocenters. The van der Waals surface area contributed by atoms with Crippen molar-refractivity contribution in [3.05, 3.63) is 85.1 Å². The van der Waals surface area contributed by atoms with Crippen LogP contribution in [0.3, 0.4) is 0 Å². The first-order valence-corrected chi connectivity index (χ1v) is 33.1. The number of rotatable bonds is 61. The van der Waals surface area contributed by atoms with Gasteiger partial charge in [0.15, 0.2) is 6.10 Å². The van der Waals surface area contributed by atoms with Gasteiger partial charge in [0.05, 0.1) is 6.61 Å². The third kappa shape index (κ3) is 63.6. The molecule has 0 aromatic heterocycles. The number of carbonyl (C=O) groups excluding carboxylic acids is 2. The molecule has 0 aliphatic carbocycles. The van der Waals surface area contributed by atoms with Crippen molar-refractivity contribution in [3.63, 3.8) is 0 Å². The van der Waals surface area contributed by atoms with Gasteiger partial charge in [-0.25, -0.2) is 0 Å². The molecule has 0 spiro atoms. The maximum Gasteiger partial charge on any atom is 0.306 e. The summed E-state index contributed by atoms with van der Waals surface area (Å²) in [4.78, 5) is 24.6. The molecule has 0 aliphatic rings. The summed E-state index contributed by atoms with van der Waals surface area (Å²) in [5.41, 5.74) is 0. The Morgan fingerprint density at radius 1 is 0.316 bits per heavy atom. The second-order valence-corrected chi connectivity index (χ2v) is 22.2. The van der Waals surface area contributed by atoms with Gasteiger partial charge in [-0.15, -0.1) is 0 Å². The molecule has 1 atom stereocenters. The fourth-order valence-corrected chi connectivity index (χ4v) is 9.73. The van der Waals surface area contributed by atoms with Crippen LogP contribution in [0.5, 0.6) is 0 Å². The number of esters is 2. The number of hydrogen-bond donors (Lipinski definition) is 1. The van der Waals surface area contributed by atoms with Crippen LogP contribution in [-0.2, 0) is 19.1 Å². The molecule has 1 N–H and O–H groups in total. The highest BCUT2D eigenvalue weighted by atomic mass is 16.6. The zero-order chi connectivity index (χ0) is 54.8. The molecule has 5 heteroatoms.